The minimum absolute atomic E-state index is 0.0132. The molecular weight excluding hydrogens is 419 g/mol. The lowest BCUT2D eigenvalue weighted by Gasteiger charge is -2.11. The molecule has 0 amide bonds. The molecule has 29 heavy (non-hydrogen) atoms. The van der Waals surface area contributed by atoms with Gasteiger partial charge >= 0.3 is 16.8 Å². The summed E-state index contributed by atoms with van der Waals surface area (Å²) in [5, 5.41) is 11.8. The van der Waals surface area contributed by atoms with Crippen molar-refractivity contribution in [3.63, 3.8) is 0 Å². The van der Waals surface area contributed by atoms with E-state index in [0.29, 0.717) is 17.0 Å². The van der Waals surface area contributed by atoms with Crippen LogP contribution in [0.2, 0.25) is 0 Å². The van der Waals surface area contributed by atoms with E-state index in [1.807, 2.05) is 0 Å². The first-order chi connectivity index (χ1) is 13.4. The Bertz CT molecular complexity index is 1300. The quantitative estimate of drug-likeness (QED) is 0.348. The molecule has 152 valence electrons. The number of aryl methyl sites for hydroxylation is 1. The lowest BCUT2D eigenvalue weighted by Crippen LogP contribution is -2.23. The van der Waals surface area contributed by atoms with Crippen molar-refractivity contribution in [3.05, 3.63) is 68.6 Å². The number of nitro benzene ring substituents is 1. The van der Waals surface area contributed by atoms with Gasteiger partial charge in [0.15, 0.2) is 0 Å². The van der Waals surface area contributed by atoms with Gasteiger partial charge in [0.05, 0.1) is 9.82 Å². The minimum atomic E-state index is -5.77. The summed E-state index contributed by atoms with van der Waals surface area (Å²) in [6, 6.07) is 7.03. The van der Waals surface area contributed by atoms with Crippen LogP contribution in [0.3, 0.4) is 0 Å². The van der Waals surface area contributed by atoms with Crippen LogP contribution in [0.5, 0.6) is 11.5 Å². The molecule has 12 heteroatoms. The Balaban J connectivity index is 2.07. The fourth-order valence-corrected chi connectivity index (χ4v) is 3.30. The van der Waals surface area contributed by atoms with E-state index >= 15 is 0 Å². The zero-order chi connectivity index (χ0) is 21.6. The third-order valence-corrected chi connectivity index (χ3v) is 5.38. The van der Waals surface area contributed by atoms with Gasteiger partial charge in [-0.15, -0.1) is 0 Å². The van der Waals surface area contributed by atoms with Gasteiger partial charge in [-0.25, -0.2) is 13.2 Å². The topological polar surface area (TPSA) is 117 Å². The molecule has 0 N–H and O–H groups in total. The van der Waals surface area contributed by atoms with Crippen LogP contribution < -0.4 is 10.4 Å². The monoisotopic (exact) mass is 429 g/mol. The maximum absolute atomic E-state index is 12.7. The van der Waals surface area contributed by atoms with E-state index in [1.165, 1.54) is 24.3 Å². The Labute approximate surface area is 160 Å². The summed E-state index contributed by atoms with van der Waals surface area (Å²) in [4.78, 5) is 20.4. The highest BCUT2D eigenvalue weighted by molar-refractivity contribution is 7.92. The normalized spacial score (nSPS) is 12.1. The summed E-state index contributed by atoms with van der Waals surface area (Å²) in [6.07, 6.45) is 0. The minimum Gasteiger partial charge on any atom is -0.450 e. The summed E-state index contributed by atoms with van der Waals surface area (Å²) in [6.45, 7) is 1.67. The molecule has 0 aliphatic rings. The van der Waals surface area contributed by atoms with E-state index in [4.69, 9.17) is 9.15 Å². The Morgan fingerprint density at radius 3 is 2.41 bits per heavy atom. The van der Waals surface area contributed by atoms with Crippen molar-refractivity contribution in [2.45, 2.75) is 17.3 Å². The number of benzene rings is 2. The van der Waals surface area contributed by atoms with Crippen molar-refractivity contribution in [1.82, 2.24) is 0 Å². The summed E-state index contributed by atoms with van der Waals surface area (Å²) in [5.41, 5.74) is -6.47. The highest BCUT2D eigenvalue weighted by atomic mass is 32.2. The zero-order valence-electron chi connectivity index (χ0n) is 14.4. The molecule has 0 radical (unpaired) electrons. The van der Waals surface area contributed by atoms with E-state index in [9.17, 15) is 36.5 Å². The van der Waals surface area contributed by atoms with Crippen molar-refractivity contribution >= 4 is 26.5 Å². The van der Waals surface area contributed by atoms with E-state index < -0.39 is 42.2 Å². The lowest BCUT2D eigenvalue weighted by atomic mass is 10.1. The number of hydrogen-bond acceptors (Lipinski definition) is 7. The molecule has 0 saturated carbocycles. The van der Waals surface area contributed by atoms with Crippen LogP contribution in [0.1, 0.15) is 5.56 Å². The van der Waals surface area contributed by atoms with Gasteiger partial charge in [0.2, 0.25) is 5.75 Å². The van der Waals surface area contributed by atoms with Crippen LogP contribution in [0.15, 0.2) is 56.6 Å². The second kappa shape index (κ2) is 6.88. The van der Waals surface area contributed by atoms with Crippen molar-refractivity contribution in [2.24, 2.45) is 0 Å². The Morgan fingerprint density at radius 2 is 1.79 bits per heavy atom. The van der Waals surface area contributed by atoms with Gasteiger partial charge in [-0.1, -0.05) is 0 Å². The van der Waals surface area contributed by atoms with Gasteiger partial charge < -0.3 is 9.15 Å². The molecule has 1 heterocycles. The first-order valence-electron chi connectivity index (χ1n) is 7.72. The summed E-state index contributed by atoms with van der Waals surface area (Å²) in [7, 11) is -5.77. The number of hydrogen-bond donors (Lipinski definition) is 0. The third kappa shape index (κ3) is 3.78. The predicted octanol–water partition coefficient (Wildman–Crippen LogP) is 4.10. The molecule has 0 saturated heterocycles. The lowest BCUT2D eigenvalue weighted by molar-refractivity contribution is -0.385. The average Bonchev–Trinajstić information content (AvgIpc) is 2.60. The molecule has 0 atom stereocenters. The fourth-order valence-electron chi connectivity index (χ4n) is 2.52. The first kappa shape index (κ1) is 20.3. The van der Waals surface area contributed by atoms with Gasteiger partial charge in [-0.3, -0.25) is 10.1 Å². The molecule has 0 bridgehead atoms. The van der Waals surface area contributed by atoms with Crippen molar-refractivity contribution in [1.29, 1.82) is 0 Å². The van der Waals surface area contributed by atoms with E-state index in [-0.39, 0.29) is 17.4 Å². The van der Waals surface area contributed by atoms with Crippen LogP contribution in [0, 0.1) is 17.0 Å². The molecule has 0 aliphatic carbocycles. The number of sulfone groups is 1. The molecule has 0 fully saturated rings. The molecule has 1 aromatic heterocycles. The highest BCUT2D eigenvalue weighted by Crippen LogP contribution is 2.37. The third-order valence-electron chi connectivity index (χ3n) is 3.89. The molecule has 3 rings (SSSR count). The molecule has 8 nitrogen and oxygen atoms in total. The van der Waals surface area contributed by atoms with Gasteiger partial charge in [-0.2, -0.15) is 13.2 Å². The number of nitro groups is 1. The molecule has 2 aromatic carbocycles. The molecule has 0 spiro atoms. The van der Waals surface area contributed by atoms with Crippen molar-refractivity contribution in [3.8, 4) is 11.5 Å². The molecule has 0 aliphatic heterocycles. The van der Waals surface area contributed by atoms with Gasteiger partial charge in [0.25, 0.3) is 9.84 Å². The van der Waals surface area contributed by atoms with Crippen molar-refractivity contribution < 1.29 is 35.7 Å². The average molecular weight is 429 g/mol. The summed E-state index contributed by atoms with van der Waals surface area (Å²) < 4.78 is 71.4. The predicted molar refractivity (Wildman–Crippen MR) is 93.6 cm³/mol. The molecule has 3 aromatic rings. The van der Waals surface area contributed by atoms with Crippen LogP contribution in [0.25, 0.3) is 11.0 Å². The molecular formula is C17H10F3NO7S. The summed E-state index contributed by atoms with van der Waals surface area (Å²) >= 11 is 0. The van der Waals surface area contributed by atoms with Crippen molar-refractivity contribution in [2.75, 3.05) is 0 Å². The van der Waals surface area contributed by atoms with Gasteiger partial charge in [0.1, 0.15) is 11.3 Å². The smallest absolute Gasteiger partial charge is 0.450 e. The summed E-state index contributed by atoms with van der Waals surface area (Å²) in [5.74, 6) is -0.508. The van der Waals surface area contributed by atoms with Crippen LogP contribution in [-0.4, -0.2) is 18.8 Å². The van der Waals surface area contributed by atoms with Crippen LogP contribution in [-0.2, 0) is 9.84 Å². The number of alkyl halides is 3. The van der Waals surface area contributed by atoms with Crippen LogP contribution >= 0.6 is 0 Å². The number of nitrogens with zero attached hydrogens (tertiary/aromatic N) is 1. The SMILES string of the molecule is Cc1cc(=O)oc2cc(Oc3ccc(S(=O)(=O)C(F)(F)F)cc3[N+](=O)[O-])ccc12. The Hall–Kier alpha value is -3.41. The maximum atomic E-state index is 12.7. The van der Waals surface area contributed by atoms with Gasteiger partial charge in [0, 0.05) is 23.6 Å². The fraction of sp³-hybridized carbons (Fsp3) is 0.118. The van der Waals surface area contributed by atoms with Gasteiger partial charge in [-0.05, 0) is 36.8 Å². The van der Waals surface area contributed by atoms with Crippen LogP contribution in [0.4, 0.5) is 18.9 Å². The highest BCUT2D eigenvalue weighted by Gasteiger charge is 2.47. The Kier molecular flexibility index (Phi) is 4.82. The van der Waals surface area contributed by atoms with E-state index in [2.05, 4.69) is 0 Å². The molecule has 0 unspecified atom stereocenters. The number of halogens is 3. The first-order valence-corrected chi connectivity index (χ1v) is 9.20. The standard InChI is InChI=1S/C17H10F3NO7S/c1-9-6-16(22)28-15-7-10(2-4-12(9)15)27-14-5-3-11(8-13(14)21(23)24)29(25,26)17(18,19)20/h2-8H,1H3. The number of rotatable bonds is 4. The second-order valence-electron chi connectivity index (χ2n) is 5.84. The Morgan fingerprint density at radius 1 is 1.10 bits per heavy atom. The number of fused-ring (bicyclic) bond motifs is 1. The second-order valence-corrected chi connectivity index (χ2v) is 7.79. The van der Waals surface area contributed by atoms with E-state index in [1.54, 1.807) is 6.92 Å². The van der Waals surface area contributed by atoms with E-state index in [0.717, 1.165) is 6.07 Å². The zero-order valence-corrected chi connectivity index (χ0v) is 15.2. The largest absolute Gasteiger partial charge is 0.501 e. The maximum Gasteiger partial charge on any atom is 0.501 e. The number of ether oxygens (including phenoxy) is 1.